The van der Waals surface area contributed by atoms with Crippen molar-refractivity contribution in [3.8, 4) is 0 Å². The van der Waals surface area contributed by atoms with E-state index in [1.165, 1.54) is 16.8 Å². The Morgan fingerprint density at radius 1 is 1.32 bits per heavy atom. The van der Waals surface area contributed by atoms with Crippen molar-refractivity contribution in [2.75, 3.05) is 11.1 Å². The largest absolute Gasteiger partial charge is 0.398 e. The Morgan fingerprint density at radius 3 is 2.68 bits per heavy atom. The number of aromatic nitrogens is 1. The van der Waals surface area contributed by atoms with Gasteiger partial charge in [-0.05, 0) is 34.1 Å². The van der Waals surface area contributed by atoms with Crippen LogP contribution in [0.5, 0.6) is 0 Å². The van der Waals surface area contributed by atoms with Gasteiger partial charge in [-0.1, -0.05) is 18.2 Å². The van der Waals surface area contributed by atoms with Crippen LogP contribution < -0.4 is 16.6 Å². The van der Waals surface area contributed by atoms with E-state index in [4.69, 9.17) is 5.73 Å². The quantitative estimate of drug-likeness (QED) is 0.905. The third-order valence-electron chi connectivity index (χ3n) is 2.43. The molecular formula is C13H12BrN3O2. The molecule has 0 atom stereocenters. The minimum Gasteiger partial charge on any atom is -0.398 e. The molecule has 0 aliphatic heterocycles. The number of pyridine rings is 1. The summed E-state index contributed by atoms with van der Waals surface area (Å²) in [6.45, 7) is -0.0859. The summed E-state index contributed by atoms with van der Waals surface area (Å²) >= 11 is 3.11. The van der Waals surface area contributed by atoms with Crippen molar-refractivity contribution >= 4 is 33.2 Å². The van der Waals surface area contributed by atoms with E-state index in [-0.39, 0.29) is 18.0 Å². The molecule has 1 aromatic carbocycles. The van der Waals surface area contributed by atoms with Crippen LogP contribution in [0.15, 0.2) is 51.9 Å². The van der Waals surface area contributed by atoms with Gasteiger partial charge < -0.3 is 15.6 Å². The third-order valence-corrected chi connectivity index (χ3v) is 3.00. The lowest BCUT2D eigenvalue weighted by atomic mass is 10.3. The van der Waals surface area contributed by atoms with Gasteiger partial charge in [-0.25, -0.2) is 0 Å². The van der Waals surface area contributed by atoms with Crippen molar-refractivity contribution in [3.05, 3.63) is 57.4 Å². The number of nitrogens with two attached hydrogens (primary N) is 1. The first-order chi connectivity index (χ1) is 9.06. The Bertz CT molecular complexity index is 653. The summed E-state index contributed by atoms with van der Waals surface area (Å²) in [5.41, 5.74) is 6.44. The van der Waals surface area contributed by atoms with Crippen molar-refractivity contribution in [2.45, 2.75) is 6.54 Å². The average molecular weight is 322 g/mol. The highest BCUT2D eigenvalue weighted by Crippen LogP contribution is 2.09. The van der Waals surface area contributed by atoms with Crippen LogP contribution in [0, 0.1) is 0 Å². The van der Waals surface area contributed by atoms with Crippen LogP contribution >= 0.6 is 15.9 Å². The van der Waals surface area contributed by atoms with Crippen LogP contribution in [0.2, 0.25) is 0 Å². The molecule has 1 aromatic heterocycles. The Kier molecular flexibility index (Phi) is 4.01. The zero-order chi connectivity index (χ0) is 13.8. The summed E-state index contributed by atoms with van der Waals surface area (Å²) in [5, 5.41) is 2.70. The van der Waals surface area contributed by atoms with Gasteiger partial charge in [0.25, 0.3) is 5.56 Å². The predicted molar refractivity (Wildman–Crippen MR) is 77.9 cm³/mol. The standard InChI is InChI=1S/C13H12BrN3O2/c14-11-6-9(15)7-17(13(11)19)8-12(18)16-10-4-2-1-3-5-10/h1-7H,8,15H2,(H,16,18). The zero-order valence-corrected chi connectivity index (χ0v) is 11.6. The fourth-order valence-corrected chi connectivity index (χ4v) is 2.11. The van der Waals surface area contributed by atoms with Crippen LogP contribution in [0.3, 0.4) is 0 Å². The molecule has 0 spiro atoms. The zero-order valence-electron chi connectivity index (χ0n) is 9.97. The van der Waals surface area contributed by atoms with Crippen molar-refractivity contribution < 1.29 is 4.79 Å². The normalized spacial score (nSPS) is 10.2. The molecule has 0 bridgehead atoms. The second kappa shape index (κ2) is 5.71. The van der Waals surface area contributed by atoms with Gasteiger partial charge in [0.2, 0.25) is 5.91 Å². The van der Waals surface area contributed by atoms with E-state index in [0.29, 0.717) is 15.8 Å². The van der Waals surface area contributed by atoms with E-state index >= 15 is 0 Å². The van der Waals surface area contributed by atoms with Gasteiger partial charge >= 0.3 is 0 Å². The molecule has 0 saturated heterocycles. The number of benzene rings is 1. The number of carbonyl (C=O) groups is 1. The number of amides is 1. The van der Waals surface area contributed by atoms with Crippen LogP contribution in [0.4, 0.5) is 11.4 Å². The molecule has 0 radical (unpaired) electrons. The molecule has 3 N–H and O–H groups in total. The van der Waals surface area contributed by atoms with E-state index in [9.17, 15) is 9.59 Å². The first-order valence-electron chi connectivity index (χ1n) is 5.56. The number of para-hydroxylation sites is 1. The van der Waals surface area contributed by atoms with E-state index in [1.807, 2.05) is 18.2 Å². The lowest BCUT2D eigenvalue weighted by molar-refractivity contribution is -0.116. The lowest BCUT2D eigenvalue weighted by Gasteiger charge is -2.08. The molecule has 5 nitrogen and oxygen atoms in total. The SMILES string of the molecule is Nc1cc(Br)c(=O)n(CC(=O)Nc2ccccc2)c1. The van der Waals surface area contributed by atoms with Crippen molar-refractivity contribution in [1.29, 1.82) is 0 Å². The summed E-state index contributed by atoms with van der Waals surface area (Å²) in [6.07, 6.45) is 1.44. The highest BCUT2D eigenvalue weighted by atomic mass is 79.9. The summed E-state index contributed by atoms with van der Waals surface area (Å²) in [5.74, 6) is -0.286. The van der Waals surface area contributed by atoms with E-state index in [2.05, 4.69) is 21.2 Å². The number of anilines is 2. The lowest BCUT2D eigenvalue weighted by Crippen LogP contribution is -2.28. The maximum Gasteiger partial charge on any atom is 0.265 e. The Labute approximate surface area is 118 Å². The molecular weight excluding hydrogens is 310 g/mol. The second-order valence-electron chi connectivity index (χ2n) is 3.97. The van der Waals surface area contributed by atoms with Gasteiger partial charge in [0, 0.05) is 17.6 Å². The molecule has 19 heavy (non-hydrogen) atoms. The molecule has 0 aliphatic rings. The molecule has 6 heteroatoms. The number of nitrogen functional groups attached to an aromatic ring is 1. The number of hydrogen-bond donors (Lipinski definition) is 2. The molecule has 98 valence electrons. The van der Waals surface area contributed by atoms with E-state index in [1.54, 1.807) is 12.1 Å². The number of nitrogens with one attached hydrogen (secondary N) is 1. The van der Waals surface area contributed by atoms with Crippen LogP contribution in [0.1, 0.15) is 0 Å². The van der Waals surface area contributed by atoms with Crippen LogP contribution in [0.25, 0.3) is 0 Å². The Hall–Kier alpha value is -2.08. The predicted octanol–water partition coefficient (Wildman–Crippen LogP) is 1.83. The fraction of sp³-hybridized carbons (Fsp3) is 0.0769. The number of carbonyl (C=O) groups excluding carboxylic acids is 1. The smallest absolute Gasteiger partial charge is 0.265 e. The van der Waals surface area contributed by atoms with Crippen molar-refractivity contribution in [2.24, 2.45) is 0 Å². The third kappa shape index (κ3) is 3.45. The molecule has 2 aromatic rings. The molecule has 1 amide bonds. The first kappa shape index (κ1) is 13.4. The second-order valence-corrected chi connectivity index (χ2v) is 4.82. The minimum atomic E-state index is -0.294. The van der Waals surface area contributed by atoms with Crippen LogP contribution in [-0.4, -0.2) is 10.5 Å². The fourth-order valence-electron chi connectivity index (χ4n) is 1.62. The van der Waals surface area contributed by atoms with Gasteiger partial charge in [0.05, 0.1) is 4.47 Å². The molecule has 0 aliphatic carbocycles. The molecule has 2 rings (SSSR count). The first-order valence-corrected chi connectivity index (χ1v) is 6.36. The van der Waals surface area contributed by atoms with Crippen molar-refractivity contribution in [1.82, 2.24) is 4.57 Å². The maximum absolute atomic E-state index is 11.8. The van der Waals surface area contributed by atoms with Gasteiger partial charge in [-0.15, -0.1) is 0 Å². The number of rotatable bonds is 3. The topological polar surface area (TPSA) is 77.1 Å². The van der Waals surface area contributed by atoms with E-state index < -0.39 is 0 Å². The highest BCUT2D eigenvalue weighted by Gasteiger charge is 2.08. The number of halogens is 1. The van der Waals surface area contributed by atoms with Gasteiger partial charge in [-0.3, -0.25) is 9.59 Å². The highest BCUT2D eigenvalue weighted by molar-refractivity contribution is 9.10. The molecule has 0 saturated carbocycles. The average Bonchev–Trinajstić information content (AvgIpc) is 2.36. The van der Waals surface area contributed by atoms with Crippen molar-refractivity contribution in [3.63, 3.8) is 0 Å². The summed E-state index contributed by atoms with van der Waals surface area (Å²) in [4.78, 5) is 23.6. The van der Waals surface area contributed by atoms with Gasteiger partial charge in [-0.2, -0.15) is 0 Å². The summed E-state index contributed by atoms with van der Waals surface area (Å²) in [6, 6.07) is 10.5. The van der Waals surface area contributed by atoms with E-state index in [0.717, 1.165) is 0 Å². The maximum atomic E-state index is 11.8. The number of hydrogen-bond acceptors (Lipinski definition) is 3. The van der Waals surface area contributed by atoms with Crippen LogP contribution in [-0.2, 0) is 11.3 Å². The monoisotopic (exact) mass is 321 g/mol. The Morgan fingerprint density at radius 2 is 2.00 bits per heavy atom. The Balaban J connectivity index is 2.14. The van der Waals surface area contributed by atoms with Gasteiger partial charge in [0.15, 0.2) is 0 Å². The molecule has 0 unspecified atom stereocenters. The van der Waals surface area contributed by atoms with Gasteiger partial charge in [0.1, 0.15) is 6.54 Å². The molecule has 0 fully saturated rings. The number of nitrogens with zero attached hydrogens (tertiary/aromatic N) is 1. The summed E-state index contributed by atoms with van der Waals surface area (Å²) in [7, 11) is 0. The summed E-state index contributed by atoms with van der Waals surface area (Å²) < 4.78 is 1.59. The molecule has 1 heterocycles. The minimum absolute atomic E-state index is 0.0859.